The molecule has 128 valence electrons. The van der Waals surface area contributed by atoms with Crippen LogP contribution in [0.2, 0.25) is 0 Å². The molecule has 3 rings (SSSR count). The predicted molar refractivity (Wildman–Crippen MR) is 93.2 cm³/mol. The van der Waals surface area contributed by atoms with Gasteiger partial charge in [0, 0.05) is 23.9 Å². The quantitative estimate of drug-likeness (QED) is 0.636. The highest BCUT2D eigenvalue weighted by Gasteiger charge is 2.15. The molecule has 2 aromatic heterocycles. The van der Waals surface area contributed by atoms with Crippen LogP contribution in [0, 0.1) is 0 Å². The second-order valence-electron chi connectivity index (χ2n) is 5.56. The van der Waals surface area contributed by atoms with E-state index < -0.39 is 5.97 Å². The highest BCUT2D eigenvalue weighted by Crippen LogP contribution is 2.25. The number of carboxylic acid groups (broad SMARTS) is 1. The standard InChI is InChI=1S/C18H18N4O3/c19-7-1-9-22-17(18(24)25)11-16(21-22)13-6-8-20-15(10-13)12-2-4-14(23)5-3-12/h2-6,8,10-11,23H,1,7,9,19H2,(H,24,25). The Kier molecular flexibility index (Phi) is 4.76. The summed E-state index contributed by atoms with van der Waals surface area (Å²) >= 11 is 0. The molecular weight excluding hydrogens is 320 g/mol. The topological polar surface area (TPSA) is 114 Å². The van der Waals surface area contributed by atoms with Gasteiger partial charge in [-0.15, -0.1) is 0 Å². The van der Waals surface area contributed by atoms with E-state index in [2.05, 4.69) is 10.1 Å². The highest BCUT2D eigenvalue weighted by molar-refractivity contribution is 5.87. The number of aromatic hydroxyl groups is 1. The zero-order valence-electron chi connectivity index (χ0n) is 13.5. The van der Waals surface area contributed by atoms with Gasteiger partial charge >= 0.3 is 5.97 Å². The lowest BCUT2D eigenvalue weighted by molar-refractivity contribution is 0.0683. The van der Waals surface area contributed by atoms with E-state index in [4.69, 9.17) is 5.73 Å². The SMILES string of the molecule is NCCCn1nc(-c2ccnc(-c3ccc(O)cc3)c2)cc1C(=O)O. The largest absolute Gasteiger partial charge is 0.508 e. The Morgan fingerprint density at radius 1 is 1.08 bits per heavy atom. The summed E-state index contributed by atoms with van der Waals surface area (Å²) in [4.78, 5) is 15.8. The molecule has 0 saturated carbocycles. The molecule has 1 aromatic carbocycles. The number of carbonyl (C=O) groups is 1. The van der Waals surface area contributed by atoms with Gasteiger partial charge in [-0.1, -0.05) is 0 Å². The fraction of sp³-hybridized carbons (Fsp3) is 0.167. The number of nitrogens with zero attached hydrogens (tertiary/aromatic N) is 3. The van der Waals surface area contributed by atoms with Gasteiger partial charge in [-0.25, -0.2) is 4.79 Å². The van der Waals surface area contributed by atoms with Crippen LogP contribution in [0.25, 0.3) is 22.5 Å². The number of aryl methyl sites for hydroxylation is 1. The zero-order valence-corrected chi connectivity index (χ0v) is 13.5. The summed E-state index contributed by atoms with van der Waals surface area (Å²) in [6.45, 7) is 0.919. The molecule has 3 aromatic rings. The number of hydrogen-bond acceptors (Lipinski definition) is 5. The van der Waals surface area contributed by atoms with Gasteiger partial charge in [0.25, 0.3) is 0 Å². The van der Waals surface area contributed by atoms with Crippen LogP contribution in [0.15, 0.2) is 48.7 Å². The van der Waals surface area contributed by atoms with Gasteiger partial charge in [-0.05, 0) is 55.4 Å². The van der Waals surface area contributed by atoms with Crippen molar-refractivity contribution in [1.82, 2.24) is 14.8 Å². The minimum atomic E-state index is -1.02. The maximum absolute atomic E-state index is 11.4. The number of aromatic carboxylic acids is 1. The maximum Gasteiger partial charge on any atom is 0.354 e. The van der Waals surface area contributed by atoms with Crippen LogP contribution >= 0.6 is 0 Å². The number of benzene rings is 1. The molecule has 0 atom stereocenters. The monoisotopic (exact) mass is 338 g/mol. The molecule has 7 heteroatoms. The summed E-state index contributed by atoms with van der Waals surface area (Å²) in [5.41, 5.74) is 8.53. The number of pyridine rings is 1. The zero-order chi connectivity index (χ0) is 17.8. The molecule has 0 amide bonds. The van der Waals surface area contributed by atoms with Crippen LogP contribution in [0.5, 0.6) is 5.75 Å². The molecule has 0 radical (unpaired) electrons. The molecule has 7 nitrogen and oxygen atoms in total. The Hall–Kier alpha value is -3.19. The number of hydrogen-bond donors (Lipinski definition) is 3. The van der Waals surface area contributed by atoms with Crippen molar-refractivity contribution in [2.45, 2.75) is 13.0 Å². The Labute approximate surface area is 144 Å². The molecule has 0 aliphatic rings. The molecule has 0 bridgehead atoms. The fourth-order valence-electron chi connectivity index (χ4n) is 2.52. The molecule has 0 aliphatic heterocycles. The van der Waals surface area contributed by atoms with E-state index >= 15 is 0 Å². The van der Waals surface area contributed by atoms with Crippen LogP contribution in [-0.2, 0) is 6.54 Å². The first-order valence-corrected chi connectivity index (χ1v) is 7.85. The van der Waals surface area contributed by atoms with Crippen molar-refractivity contribution in [2.24, 2.45) is 5.73 Å². The number of nitrogens with two attached hydrogens (primary N) is 1. The minimum Gasteiger partial charge on any atom is -0.508 e. The first-order chi connectivity index (χ1) is 12.1. The van der Waals surface area contributed by atoms with E-state index in [1.807, 2.05) is 6.07 Å². The number of phenols is 1. The molecule has 25 heavy (non-hydrogen) atoms. The van der Waals surface area contributed by atoms with E-state index in [1.165, 1.54) is 4.68 Å². The summed E-state index contributed by atoms with van der Waals surface area (Å²) in [6.07, 6.45) is 2.30. The lowest BCUT2D eigenvalue weighted by Crippen LogP contribution is -2.12. The van der Waals surface area contributed by atoms with Gasteiger partial charge < -0.3 is 15.9 Å². The Morgan fingerprint density at radius 3 is 2.52 bits per heavy atom. The second kappa shape index (κ2) is 7.14. The second-order valence-corrected chi connectivity index (χ2v) is 5.56. The summed E-state index contributed by atoms with van der Waals surface area (Å²) in [6, 6.07) is 11.9. The third-order valence-electron chi connectivity index (χ3n) is 3.79. The molecule has 0 saturated heterocycles. The lowest BCUT2D eigenvalue weighted by atomic mass is 10.1. The number of aromatic nitrogens is 3. The third-order valence-corrected chi connectivity index (χ3v) is 3.79. The van der Waals surface area contributed by atoms with Crippen molar-refractivity contribution < 1.29 is 15.0 Å². The van der Waals surface area contributed by atoms with Crippen LogP contribution in [0.3, 0.4) is 0 Å². The van der Waals surface area contributed by atoms with Gasteiger partial charge in [-0.3, -0.25) is 9.67 Å². The fourth-order valence-corrected chi connectivity index (χ4v) is 2.52. The summed E-state index contributed by atoms with van der Waals surface area (Å²) in [5, 5.41) is 23.2. The summed E-state index contributed by atoms with van der Waals surface area (Å²) in [7, 11) is 0. The Morgan fingerprint density at radius 2 is 1.84 bits per heavy atom. The van der Waals surface area contributed by atoms with E-state index in [-0.39, 0.29) is 11.4 Å². The predicted octanol–water partition coefficient (Wildman–Crippen LogP) is 2.36. The average Bonchev–Trinajstić information content (AvgIpc) is 3.05. The Bertz CT molecular complexity index is 888. The summed E-state index contributed by atoms with van der Waals surface area (Å²) in [5.74, 6) is -0.840. The van der Waals surface area contributed by atoms with Crippen LogP contribution < -0.4 is 5.73 Å². The molecule has 0 spiro atoms. The molecule has 0 aliphatic carbocycles. The van der Waals surface area contributed by atoms with Crippen molar-refractivity contribution >= 4 is 5.97 Å². The third kappa shape index (κ3) is 3.67. The molecule has 2 heterocycles. The molecule has 0 fully saturated rings. The molecule has 0 unspecified atom stereocenters. The first kappa shape index (κ1) is 16.7. The molecule has 4 N–H and O–H groups in total. The van der Waals surface area contributed by atoms with E-state index in [1.54, 1.807) is 42.6 Å². The van der Waals surface area contributed by atoms with Crippen LogP contribution in [0.1, 0.15) is 16.9 Å². The summed E-state index contributed by atoms with van der Waals surface area (Å²) < 4.78 is 1.46. The number of rotatable bonds is 6. The smallest absolute Gasteiger partial charge is 0.354 e. The van der Waals surface area contributed by atoms with E-state index in [9.17, 15) is 15.0 Å². The van der Waals surface area contributed by atoms with Crippen LogP contribution in [-0.4, -0.2) is 37.5 Å². The van der Waals surface area contributed by atoms with Crippen molar-refractivity contribution in [3.05, 3.63) is 54.4 Å². The van der Waals surface area contributed by atoms with Gasteiger partial charge in [0.2, 0.25) is 0 Å². The van der Waals surface area contributed by atoms with Crippen LogP contribution in [0.4, 0.5) is 0 Å². The Balaban J connectivity index is 1.98. The normalized spacial score (nSPS) is 10.8. The lowest BCUT2D eigenvalue weighted by Gasteiger charge is -2.04. The van der Waals surface area contributed by atoms with E-state index in [0.717, 1.165) is 11.1 Å². The number of phenolic OH excluding ortho intramolecular Hbond substituents is 1. The minimum absolute atomic E-state index is 0.131. The van der Waals surface area contributed by atoms with Crippen molar-refractivity contribution in [3.8, 4) is 28.3 Å². The van der Waals surface area contributed by atoms with Gasteiger partial charge in [-0.2, -0.15) is 5.10 Å². The molecular formula is C18H18N4O3. The van der Waals surface area contributed by atoms with Gasteiger partial charge in [0.05, 0.1) is 11.4 Å². The average molecular weight is 338 g/mol. The van der Waals surface area contributed by atoms with Gasteiger partial charge in [0.1, 0.15) is 11.4 Å². The van der Waals surface area contributed by atoms with Crippen molar-refractivity contribution in [3.63, 3.8) is 0 Å². The van der Waals surface area contributed by atoms with Crippen molar-refractivity contribution in [1.29, 1.82) is 0 Å². The maximum atomic E-state index is 11.4. The van der Waals surface area contributed by atoms with Gasteiger partial charge in [0.15, 0.2) is 0 Å². The highest BCUT2D eigenvalue weighted by atomic mass is 16.4. The first-order valence-electron chi connectivity index (χ1n) is 7.85. The number of carboxylic acids is 1. The van der Waals surface area contributed by atoms with E-state index in [0.29, 0.717) is 30.9 Å². The van der Waals surface area contributed by atoms with Crippen molar-refractivity contribution in [2.75, 3.05) is 6.54 Å².